The minimum absolute atomic E-state index is 0.159. The van der Waals surface area contributed by atoms with Crippen LogP contribution < -0.4 is 4.74 Å². The van der Waals surface area contributed by atoms with Gasteiger partial charge in [0.05, 0.1) is 11.0 Å². The fourth-order valence-electron chi connectivity index (χ4n) is 0.978. The van der Waals surface area contributed by atoms with Crippen LogP contribution >= 0.6 is 0 Å². The largest absolute Gasteiger partial charge is 0.573 e. The summed E-state index contributed by atoms with van der Waals surface area (Å²) in [4.78, 5) is 9.47. The lowest BCUT2D eigenvalue weighted by Crippen LogP contribution is -2.17. The lowest BCUT2D eigenvalue weighted by Gasteiger charge is -2.09. The second-order valence-corrected chi connectivity index (χ2v) is 2.69. The van der Waals surface area contributed by atoms with Crippen molar-refractivity contribution < 1.29 is 27.9 Å². The fraction of sp³-hybridized carbons (Fsp3) is 0.125. The number of ether oxygens (including phenoxy) is 1. The van der Waals surface area contributed by atoms with Crippen molar-refractivity contribution in [1.29, 1.82) is 0 Å². The van der Waals surface area contributed by atoms with Crippen LogP contribution in [0.4, 0.5) is 18.9 Å². The van der Waals surface area contributed by atoms with Gasteiger partial charge in [-0.3, -0.25) is 10.1 Å². The van der Waals surface area contributed by atoms with E-state index in [1.807, 2.05) is 0 Å². The van der Waals surface area contributed by atoms with E-state index in [4.69, 9.17) is 5.11 Å². The molecule has 0 unspecified atom stereocenters. The summed E-state index contributed by atoms with van der Waals surface area (Å²) in [6.07, 6.45) is -4.94. The molecule has 0 saturated heterocycles. The number of alkyl halides is 3. The van der Waals surface area contributed by atoms with Gasteiger partial charge < -0.3 is 9.84 Å². The van der Waals surface area contributed by atoms with Crippen LogP contribution in [0.1, 0.15) is 5.56 Å². The average molecular weight is 236 g/mol. The van der Waals surface area contributed by atoms with Gasteiger partial charge in [0, 0.05) is 6.07 Å². The molecule has 1 aromatic rings. The Morgan fingerprint density at radius 2 is 2.00 bits per heavy atom. The molecule has 1 aromatic carbocycles. The number of halogens is 3. The van der Waals surface area contributed by atoms with Gasteiger partial charge in [-0.2, -0.15) is 0 Å². The first kappa shape index (κ1) is 12.2. The Kier molecular flexibility index (Phi) is 3.33. The molecule has 0 spiro atoms. The van der Waals surface area contributed by atoms with E-state index in [9.17, 15) is 23.3 Å². The van der Waals surface area contributed by atoms with E-state index in [1.54, 1.807) is 0 Å². The third kappa shape index (κ3) is 3.39. The number of rotatable bonds is 3. The van der Waals surface area contributed by atoms with E-state index < -0.39 is 22.7 Å². The van der Waals surface area contributed by atoms with E-state index in [2.05, 4.69) is 4.74 Å². The number of nitrogens with zero attached hydrogens (tertiary/aromatic N) is 1. The summed E-state index contributed by atoms with van der Waals surface area (Å²) < 4.78 is 39.0. The van der Waals surface area contributed by atoms with Crippen LogP contribution in [-0.2, 0) is 0 Å². The van der Waals surface area contributed by atoms with Gasteiger partial charge >= 0.3 is 6.36 Å². The summed E-state index contributed by atoms with van der Waals surface area (Å²) in [6, 6.07) is 2.34. The van der Waals surface area contributed by atoms with Crippen LogP contribution in [0.25, 0.3) is 0 Å². The second kappa shape index (κ2) is 4.35. The van der Waals surface area contributed by atoms with Gasteiger partial charge in [-0.25, -0.2) is 0 Å². The molecule has 1 rings (SSSR count). The van der Waals surface area contributed by atoms with Gasteiger partial charge in [-0.1, -0.05) is 0 Å². The highest BCUT2D eigenvalue weighted by molar-refractivity contribution is 5.44. The predicted octanol–water partition coefficient (Wildman–Crippen LogP) is 2.38. The number of non-ortho nitro benzene ring substituents is 1. The molecule has 0 aromatic heterocycles. The SMILES string of the molecule is O=[N+]([O-])c1cc([CH]O)cc(OC(F)(F)F)c1. The summed E-state index contributed by atoms with van der Waals surface area (Å²) in [6.45, 7) is 0.441. The predicted molar refractivity (Wildman–Crippen MR) is 45.1 cm³/mol. The quantitative estimate of drug-likeness (QED) is 0.645. The molecule has 8 heteroatoms. The molecule has 0 saturated carbocycles. The van der Waals surface area contributed by atoms with Crippen molar-refractivity contribution in [2.24, 2.45) is 0 Å². The van der Waals surface area contributed by atoms with Crippen molar-refractivity contribution in [1.82, 2.24) is 0 Å². The molecular weight excluding hydrogens is 231 g/mol. The molecule has 0 fully saturated rings. The van der Waals surface area contributed by atoms with Crippen molar-refractivity contribution in [2.75, 3.05) is 0 Å². The van der Waals surface area contributed by atoms with Crippen LogP contribution in [0.2, 0.25) is 0 Å². The minimum Gasteiger partial charge on any atom is -0.406 e. The zero-order chi connectivity index (χ0) is 12.3. The first-order valence-electron chi connectivity index (χ1n) is 3.84. The van der Waals surface area contributed by atoms with Crippen molar-refractivity contribution in [3.8, 4) is 5.75 Å². The van der Waals surface area contributed by atoms with Gasteiger partial charge in [0.2, 0.25) is 0 Å². The normalized spacial score (nSPS) is 11.2. The number of nitro benzene ring substituents is 1. The zero-order valence-corrected chi connectivity index (χ0v) is 7.56. The Bertz CT molecular complexity index is 405. The molecule has 1 radical (unpaired) electrons. The Morgan fingerprint density at radius 1 is 1.38 bits per heavy atom. The molecule has 0 heterocycles. The molecule has 5 nitrogen and oxygen atoms in total. The summed E-state index contributed by atoms with van der Waals surface area (Å²) in [5.74, 6) is -0.762. The Hall–Kier alpha value is -1.83. The highest BCUT2D eigenvalue weighted by Gasteiger charge is 2.31. The number of hydrogen-bond donors (Lipinski definition) is 1. The molecular formula is C8H5F3NO4. The number of nitro groups is 1. The lowest BCUT2D eigenvalue weighted by molar-refractivity contribution is -0.385. The molecule has 87 valence electrons. The third-order valence-corrected chi connectivity index (χ3v) is 1.51. The van der Waals surface area contributed by atoms with Crippen LogP contribution in [0.3, 0.4) is 0 Å². The van der Waals surface area contributed by atoms with Crippen molar-refractivity contribution >= 4 is 5.69 Å². The molecule has 0 amide bonds. The highest BCUT2D eigenvalue weighted by atomic mass is 19.4. The standard InChI is InChI=1S/C8H5F3NO4/c9-8(10,11)16-7-2-5(4-13)1-6(3-7)12(14)15/h1-4,13H. The first-order valence-corrected chi connectivity index (χ1v) is 3.84. The van der Waals surface area contributed by atoms with Crippen molar-refractivity contribution in [3.05, 3.63) is 40.5 Å². The van der Waals surface area contributed by atoms with Gasteiger partial charge in [0.15, 0.2) is 0 Å². The molecule has 0 bridgehead atoms. The number of aliphatic hydroxyl groups is 1. The summed E-state index contributed by atoms with van der Waals surface area (Å²) in [5, 5.41) is 18.9. The maximum absolute atomic E-state index is 11.8. The zero-order valence-electron chi connectivity index (χ0n) is 7.56. The third-order valence-electron chi connectivity index (χ3n) is 1.51. The second-order valence-electron chi connectivity index (χ2n) is 2.69. The average Bonchev–Trinajstić information content (AvgIpc) is 2.14. The molecule has 16 heavy (non-hydrogen) atoms. The lowest BCUT2D eigenvalue weighted by atomic mass is 10.2. The van der Waals surface area contributed by atoms with Crippen molar-refractivity contribution in [2.45, 2.75) is 6.36 Å². The summed E-state index contributed by atoms with van der Waals surface area (Å²) in [7, 11) is 0. The van der Waals surface area contributed by atoms with Gasteiger partial charge in [-0.15, -0.1) is 13.2 Å². The molecule has 0 aliphatic carbocycles. The number of hydrogen-bond acceptors (Lipinski definition) is 4. The molecule has 0 aliphatic rings. The Labute approximate surface area is 87.2 Å². The van der Waals surface area contributed by atoms with E-state index in [1.165, 1.54) is 0 Å². The Morgan fingerprint density at radius 3 is 2.44 bits per heavy atom. The minimum atomic E-state index is -4.94. The van der Waals surface area contributed by atoms with Gasteiger partial charge in [-0.05, 0) is 11.6 Å². The van der Waals surface area contributed by atoms with E-state index >= 15 is 0 Å². The van der Waals surface area contributed by atoms with Crippen LogP contribution in [-0.4, -0.2) is 16.4 Å². The number of aliphatic hydroxyl groups excluding tert-OH is 1. The fourth-order valence-corrected chi connectivity index (χ4v) is 0.978. The molecule has 0 aliphatic heterocycles. The summed E-state index contributed by atoms with van der Waals surface area (Å²) >= 11 is 0. The first-order chi connectivity index (χ1) is 7.31. The van der Waals surface area contributed by atoms with E-state index in [0.717, 1.165) is 12.1 Å². The molecule has 1 N–H and O–H groups in total. The monoisotopic (exact) mass is 236 g/mol. The van der Waals surface area contributed by atoms with Crippen LogP contribution in [0.15, 0.2) is 18.2 Å². The van der Waals surface area contributed by atoms with E-state index in [0.29, 0.717) is 12.7 Å². The van der Waals surface area contributed by atoms with Gasteiger partial charge in [0.1, 0.15) is 12.4 Å². The van der Waals surface area contributed by atoms with E-state index in [-0.39, 0.29) is 5.56 Å². The van der Waals surface area contributed by atoms with Crippen molar-refractivity contribution in [3.63, 3.8) is 0 Å². The maximum Gasteiger partial charge on any atom is 0.573 e. The van der Waals surface area contributed by atoms with Crippen LogP contribution in [0, 0.1) is 16.7 Å². The smallest absolute Gasteiger partial charge is 0.406 e. The van der Waals surface area contributed by atoms with Gasteiger partial charge in [0.25, 0.3) is 5.69 Å². The maximum atomic E-state index is 11.8. The highest BCUT2D eigenvalue weighted by Crippen LogP contribution is 2.28. The Balaban J connectivity index is 3.09. The molecule has 0 atom stereocenters. The summed E-state index contributed by atoms with van der Waals surface area (Å²) in [5.41, 5.74) is -0.768. The topological polar surface area (TPSA) is 72.6 Å². The van der Waals surface area contributed by atoms with Crippen LogP contribution in [0.5, 0.6) is 5.75 Å². The number of benzene rings is 1.